The number of halogens is 3. The number of rotatable bonds is 8. The molecule has 0 saturated carbocycles. The van der Waals surface area contributed by atoms with Gasteiger partial charge in [-0.05, 0) is 113 Å². The third-order valence-corrected chi connectivity index (χ3v) is 10.5. The molecule has 3 aliphatic heterocycles. The van der Waals surface area contributed by atoms with E-state index in [0.717, 1.165) is 62.3 Å². The number of carbonyl (C=O) groups excluding carboxylic acids is 2. The summed E-state index contributed by atoms with van der Waals surface area (Å²) in [5.41, 5.74) is 1.58. The summed E-state index contributed by atoms with van der Waals surface area (Å²) < 4.78 is 47.9. The maximum absolute atomic E-state index is 14.2. The minimum Gasteiger partial charge on any atom is -0.390 e. The predicted molar refractivity (Wildman–Crippen MR) is 183 cm³/mol. The number of fused-ring (bicyclic) bond motifs is 1. The normalized spacial score (nSPS) is 19.4. The Hall–Kier alpha value is -3.68. The molecule has 49 heavy (non-hydrogen) atoms. The lowest BCUT2D eigenvalue weighted by molar-refractivity contribution is -0.171. The van der Waals surface area contributed by atoms with Crippen LogP contribution in [0.25, 0.3) is 10.9 Å². The Labute approximate surface area is 285 Å². The summed E-state index contributed by atoms with van der Waals surface area (Å²) in [4.78, 5) is 32.3. The van der Waals surface area contributed by atoms with Gasteiger partial charge in [-0.2, -0.15) is 18.3 Å². The Kier molecular flexibility index (Phi) is 10.2. The highest BCUT2D eigenvalue weighted by Gasteiger charge is 2.46. The fourth-order valence-corrected chi connectivity index (χ4v) is 7.41. The SMILES string of the molecule is CC1CCN(c2ccc(C(=O)Nc3n[nH]c4ccc(CN5CCC(C(C)(C)O)CC5)cc34)c(N(C(=O)C(F)(F)F)C3CCOCC3)c2)CC1. The topological polar surface area (TPSA) is 114 Å². The number of alkyl halides is 3. The summed E-state index contributed by atoms with van der Waals surface area (Å²) in [5, 5.41) is 21.2. The molecule has 0 spiro atoms. The summed E-state index contributed by atoms with van der Waals surface area (Å²) in [5.74, 6) is -1.62. The zero-order valence-corrected chi connectivity index (χ0v) is 28.5. The number of ether oxygens (including phenoxy) is 1. The van der Waals surface area contributed by atoms with Gasteiger partial charge in [0, 0.05) is 50.0 Å². The number of hydrogen-bond acceptors (Lipinski definition) is 7. The predicted octanol–water partition coefficient (Wildman–Crippen LogP) is 6.11. The van der Waals surface area contributed by atoms with E-state index in [1.54, 1.807) is 12.1 Å². The number of benzene rings is 2. The molecule has 0 bridgehead atoms. The minimum absolute atomic E-state index is 0.0415. The highest BCUT2D eigenvalue weighted by molar-refractivity contribution is 6.13. The van der Waals surface area contributed by atoms with E-state index in [9.17, 15) is 27.9 Å². The summed E-state index contributed by atoms with van der Waals surface area (Å²) in [6.07, 6.45) is -1.02. The van der Waals surface area contributed by atoms with E-state index in [1.165, 1.54) is 6.07 Å². The minimum atomic E-state index is -5.14. The van der Waals surface area contributed by atoms with Crippen LogP contribution in [0.4, 0.5) is 30.4 Å². The molecule has 266 valence electrons. The first-order chi connectivity index (χ1) is 23.3. The van der Waals surface area contributed by atoms with Crippen LogP contribution >= 0.6 is 0 Å². The molecule has 0 atom stereocenters. The van der Waals surface area contributed by atoms with Crippen LogP contribution in [0.3, 0.4) is 0 Å². The van der Waals surface area contributed by atoms with Crippen LogP contribution in [0, 0.1) is 11.8 Å². The molecule has 0 radical (unpaired) electrons. The van der Waals surface area contributed by atoms with Crippen molar-refractivity contribution in [1.29, 1.82) is 0 Å². The van der Waals surface area contributed by atoms with Crippen molar-refractivity contribution in [1.82, 2.24) is 15.1 Å². The van der Waals surface area contributed by atoms with Gasteiger partial charge in [-0.1, -0.05) is 13.0 Å². The second kappa shape index (κ2) is 14.3. The van der Waals surface area contributed by atoms with E-state index in [0.29, 0.717) is 29.1 Å². The number of H-pyrrole nitrogens is 1. The van der Waals surface area contributed by atoms with Gasteiger partial charge in [0.2, 0.25) is 0 Å². The molecule has 6 rings (SSSR count). The molecule has 10 nitrogen and oxygen atoms in total. The molecule has 4 heterocycles. The first-order valence-electron chi connectivity index (χ1n) is 17.4. The number of piperidine rings is 2. The summed E-state index contributed by atoms with van der Waals surface area (Å²) in [7, 11) is 0. The highest BCUT2D eigenvalue weighted by atomic mass is 19.4. The highest BCUT2D eigenvalue weighted by Crippen LogP contribution is 2.36. The molecule has 3 aliphatic rings. The molecule has 3 fully saturated rings. The summed E-state index contributed by atoms with van der Waals surface area (Å²) in [6, 6.07) is 9.90. The van der Waals surface area contributed by atoms with Gasteiger partial charge in [-0.25, -0.2) is 0 Å². The lowest BCUT2D eigenvalue weighted by Crippen LogP contribution is -2.50. The second-order valence-electron chi connectivity index (χ2n) is 14.5. The molecule has 2 aromatic carbocycles. The standard InChI is InChI=1S/C36H47F3N6O4/c1-23-8-16-44(17-9-23)27-5-6-28(31(21-27)45(34(47)36(37,38)39)26-12-18-49-19-13-26)33(46)40-32-29-20-24(4-7-30(29)41-42-32)22-43-14-10-25(11-15-43)35(2,3)48/h4-7,20-21,23,25-26,48H,8-19,22H2,1-3H3,(H2,40,41,42,46). The van der Waals surface area contributed by atoms with Crippen LogP contribution in [0.15, 0.2) is 36.4 Å². The van der Waals surface area contributed by atoms with Crippen molar-refractivity contribution in [2.24, 2.45) is 11.8 Å². The Balaban J connectivity index is 1.29. The first-order valence-corrected chi connectivity index (χ1v) is 17.4. The van der Waals surface area contributed by atoms with Crippen molar-refractivity contribution >= 4 is 39.9 Å². The number of nitrogens with zero attached hydrogens (tertiary/aromatic N) is 4. The quantitative estimate of drug-likeness (QED) is 0.263. The summed E-state index contributed by atoms with van der Waals surface area (Å²) >= 11 is 0. The van der Waals surface area contributed by atoms with Gasteiger partial charge < -0.3 is 25.0 Å². The van der Waals surface area contributed by atoms with Crippen molar-refractivity contribution in [2.75, 3.05) is 54.5 Å². The van der Waals surface area contributed by atoms with Crippen molar-refractivity contribution in [2.45, 2.75) is 83.7 Å². The Morgan fingerprint density at radius 2 is 1.69 bits per heavy atom. The van der Waals surface area contributed by atoms with E-state index >= 15 is 0 Å². The van der Waals surface area contributed by atoms with Gasteiger partial charge in [0.25, 0.3) is 5.91 Å². The van der Waals surface area contributed by atoms with Crippen molar-refractivity contribution in [3.63, 3.8) is 0 Å². The van der Waals surface area contributed by atoms with E-state index in [1.807, 2.05) is 32.0 Å². The number of aliphatic hydroxyl groups is 1. The monoisotopic (exact) mass is 684 g/mol. The van der Waals surface area contributed by atoms with Gasteiger partial charge >= 0.3 is 12.1 Å². The van der Waals surface area contributed by atoms with Crippen LogP contribution in [0.5, 0.6) is 0 Å². The van der Waals surface area contributed by atoms with Crippen LogP contribution in [-0.4, -0.2) is 89.2 Å². The van der Waals surface area contributed by atoms with Gasteiger partial charge in [0.1, 0.15) is 0 Å². The fourth-order valence-electron chi connectivity index (χ4n) is 7.41. The zero-order chi connectivity index (χ0) is 34.9. The third kappa shape index (κ3) is 8.05. The number of aromatic nitrogens is 2. The van der Waals surface area contributed by atoms with Gasteiger partial charge in [0.05, 0.1) is 22.4 Å². The fraction of sp³-hybridized carbons (Fsp3) is 0.583. The van der Waals surface area contributed by atoms with Crippen LogP contribution in [-0.2, 0) is 16.1 Å². The Bertz CT molecular complexity index is 1630. The zero-order valence-electron chi connectivity index (χ0n) is 28.5. The second-order valence-corrected chi connectivity index (χ2v) is 14.5. The van der Waals surface area contributed by atoms with Crippen molar-refractivity contribution in [3.05, 3.63) is 47.5 Å². The van der Waals surface area contributed by atoms with Crippen molar-refractivity contribution in [3.8, 4) is 0 Å². The average molecular weight is 685 g/mol. The molecule has 3 saturated heterocycles. The Morgan fingerprint density at radius 3 is 2.35 bits per heavy atom. The first kappa shape index (κ1) is 35.2. The number of hydrogen-bond donors (Lipinski definition) is 3. The number of carbonyl (C=O) groups is 2. The average Bonchev–Trinajstić information content (AvgIpc) is 3.46. The van der Waals surface area contributed by atoms with Gasteiger partial charge in [0.15, 0.2) is 5.82 Å². The van der Waals surface area contributed by atoms with E-state index in [2.05, 4.69) is 32.2 Å². The maximum Gasteiger partial charge on any atom is 0.471 e. The molecular formula is C36H47F3N6O4. The number of amides is 2. The number of likely N-dealkylation sites (tertiary alicyclic amines) is 1. The van der Waals surface area contributed by atoms with Crippen LogP contribution in [0.1, 0.15) is 75.2 Å². The van der Waals surface area contributed by atoms with Crippen LogP contribution in [0.2, 0.25) is 0 Å². The summed E-state index contributed by atoms with van der Waals surface area (Å²) in [6.45, 7) is 10.2. The van der Waals surface area contributed by atoms with E-state index < -0.39 is 29.6 Å². The lowest BCUT2D eigenvalue weighted by Gasteiger charge is -2.37. The van der Waals surface area contributed by atoms with Gasteiger partial charge in [-0.15, -0.1) is 0 Å². The van der Waals surface area contributed by atoms with Crippen molar-refractivity contribution < 1.29 is 32.6 Å². The third-order valence-electron chi connectivity index (χ3n) is 10.5. The van der Waals surface area contributed by atoms with Crippen LogP contribution < -0.4 is 15.1 Å². The van der Waals surface area contributed by atoms with E-state index in [-0.39, 0.29) is 49.0 Å². The molecule has 1 aromatic heterocycles. The Morgan fingerprint density at radius 1 is 1.00 bits per heavy atom. The molecule has 13 heteroatoms. The molecule has 0 unspecified atom stereocenters. The largest absolute Gasteiger partial charge is 0.471 e. The lowest BCUT2D eigenvalue weighted by atomic mass is 9.83. The maximum atomic E-state index is 14.2. The number of anilines is 3. The molecule has 2 amide bonds. The molecule has 3 N–H and O–H groups in total. The number of aromatic amines is 1. The smallest absolute Gasteiger partial charge is 0.390 e. The molecule has 0 aliphatic carbocycles. The molecular weight excluding hydrogens is 637 g/mol. The number of nitrogens with one attached hydrogen (secondary N) is 2. The van der Waals surface area contributed by atoms with E-state index in [4.69, 9.17) is 4.74 Å². The van der Waals surface area contributed by atoms with Gasteiger partial charge in [-0.3, -0.25) is 19.6 Å². The molecule has 3 aromatic rings.